The van der Waals surface area contributed by atoms with Crippen LogP contribution in [0, 0.1) is 6.92 Å². The summed E-state index contributed by atoms with van der Waals surface area (Å²) in [7, 11) is 0. The highest BCUT2D eigenvalue weighted by atomic mass is 32.1. The Morgan fingerprint density at radius 3 is 2.73 bits per heavy atom. The summed E-state index contributed by atoms with van der Waals surface area (Å²) in [5.74, 6) is 0. The zero-order chi connectivity index (χ0) is 14.9. The second-order valence-corrected chi connectivity index (χ2v) is 6.87. The van der Waals surface area contributed by atoms with Crippen LogP contribution >= 0.6 is 11.3 Å². The Labute approximate surface area is 134 Å². The molecule has 0 saturated carbocycles. The summed E-state index contributed by atoms with van der Waals surface area (Å²) >= 11 is 1.86. The minimum Gasteiger partial charge on any atom is -0.290 e. The van der Waals surface area contributed by atoms with Crippen molar-refractivity contribution in [2.45, 2.75) is 32.4 Å². The average molecular weight is 309 g/mol. The van der Waals surface area contributed by atoms with Crippen LogP contribution in [0.4, 0.5) is 0 Å². The van der Waals surface area contributed by atoms with Gasteiger partial charge in [0, 0.05) is 17.5 Å². The largest absolute Gasteiger partial charge is 0.290 e. The highest BCUT2D eigenvalue weighted by molar-refractivity contribution is 7.10. The smallest absolute Gasteiger partial charge is 0.0890 e. The maximum absolute atomic E-state index is 4.85. The van der Waals surface area contributed by atoms with Gasteiger partial charge in [0.25, 0.3) is 0 Å². The minimum absolute atomic E-state index is 0.549. The van der Waals surface area contributed by atoms with Crippen LogP contribution in [-0.4, -0.2) is 21.4 Å². The quantitative estimate of drug-likeness (QED) is 0.721. The van der Waals surface area contributed by atoms with E-state index in [1.807, 2.05) is 35.6 Å². The van der Waals surface area contributed by atoms with E-state index in [4.69, 9.17) is 9.97 Å². The Morgan fingerprint density at radius 2 is 1.95 bits per heavy atom. The molecule has 1 fully saturated rings. The monoisotopic (exact) mass is 309 g/mol. The van der Waals surface area contributed by atoms with Gasteiger partial charge in [-0.1, -0.05) is 18.2 Å². The van der Waals surface area contributed by atoms with E-state index in [0.717, 1.165) is 35.5 Å². The van der Waals surface area contributed by atoms with Crippen molar-refractivity contribution in [2.24, 2.45) is 0 Å². The number of para-hydroxylation sites is 2. The Hall–Kier alpha value is -1.78. The lowest BCUT2D eigenvalue weighted by Gasteiger charge is -2.23. The SMILES string of the molecule is Cc1nc2ccccc2nc1CN1CCC[C@H]1c1cccs1. The van der Waals surface area contributed by atoms with Crippen molar-refractivity contribution in [1.29, 1.82) is 0 Å². The van der Waals surface area contributed by atoms with Gasteiger partial charge in [-0.05, 0) is 49.9 Å². The predicted octanol–water partition coefficient (Wildman–Crippen LogP) is 4.34. The van der Waals surface area contributed by atoms with E-state index < -0.39 is 0 Å². The van der Waals surface area contributed by atoms with Crippen molar-refractivity contribution in [3.05, 3.63) is 58.0 Å². The summed E-state index contributed by atoms with van der Waals surface area (Å²) < 4.78 is 0. The molecule has 1 atom stereocenters. The Kier molecular flexibility index (Phi) is 3.64. The molecule has 3 heterocycles. The van der Waals surface area contributed by atoms with E-state index >= 15 is 0 Å². The first-order valence-corrected chi connectivity index (χ1v) is 8.69. The first kappa shape index (κ1) is 13.9. The van der Waals surface area contributed by atoms with Crippen molar-refractivity contribution >= 4 is 22.4 Å². The summed E-state index contributed by atoms with van der Waals surface area (Å²) in [6, 6.07) is 13.1. The molecule has 0 N–H and O–H groups in total. The number of rotatable bonds is 3. The molecule has 0 spiro atoms. The number of hydrogen-bond acceptors (Lipinski definition) is 4. The summed E-state index contributed by atoms with van der Waals surface area (Å²) in [6.07, 6.45) is 2.52. The van der Waals surface area contributed by atoms with Gasteiger partial charge in [0.2, 0.25) is 0 Å². The molecule has 0 aliphatic carbocycles. The predicted molar refractivity (Wildman–Crippen MR) is 91.0 cm³/mol. The third kappa shape index (κ3) is 2.53. The average Bonchev–Trinajstić information content (AvgIpc) is 3.18. The number of hydrogen-bond donors (Lipinski definition) is 0. The van der Waals surface area contributed by atoms with E-state index in [0.29, 0.717) is 6.04 Å². The van der Waals surface area contributed by atoms with Crippen molar-refractivity contribution in [1.82, 2.24) is 14.9 Å². The molecule has 4 rings (SSSR count). The summed E-state index contributed by atoms with van der Waals surface area (Å²) in [6.45, 7) is 4.12. The number of aromatic nitrogens is 2. The van der Waals surface area contributed by atoms with Crippen LogP contribution in [0.25, 0.3) is 11.0 Å². The first-order valence-electron chi connectivity index (χ1n) is 7.81. The summed E-state index contributed by atoms with van der Waals surface area (Å²) in [5, 5.41) is 2.17. The molecule has 2 aromatic heterocycles. The summed E-state index contributed by atoms with van der Waals surface area (Å²) in [4.78, 5) is 13.6. The van der Waals surface area contributed by atoms with E-state index in [2.05, 4.69) is 29.3 Å². The van der Waals surface area contributed by atoms with Crippen LogP contribution in [0.5, 0.6) is 0 Å². The normalized spacial score (nSPS) is 19.0. The number of thiophene rings is 1. The van der Waals surface area contributed by atoms with Gasteiger partial charge in [-0.2, -0.15) is 0 Å². The van der Waals surface area contributed by atoms with Gasteiger partial charge >= 0.3 is 0 Å². The number of nitrogens with zero attached hydrogens (tertiary/aromatic N) is 3. The second-order valence-electron chi connectivity index (χ2n) is 5.89. The van der Waals surface area contributed by atoms with Crippen LogP contribution < -0.4 is 0 Å². The third-order valence-electron chi connectivity index (χ3n) is 4.43. The molecule has 1 aliphatic rings. The van der Waals surface area contributed by atoms with Crippen molar-refractivity contribution in [3.8, 4) is 0 Å². The van der Waals surface area contributed by atoms with Gasteiger partial charge in [-0.15, -0.1) is 11.3 Å². The molecular formula is C18H19N3S. The molecule has 0 bridgehead atoms. The standard InChI is InChI=1S/C18H19N3S/c1-13-16(20-15-7-3-2-6-14(15)19-13)12-21-10-4-8-17(21)18-9-5-11-22-18/h2-3,5-7,9,11,17H,4,8,10,12H2,1H3/t17-/m0/s1. The molecular weight excluding hydrogens is 290 g/mol. The zero-order valence-corrected chi connectivity index (χ0v) is 13.5. The first-order chi connectivity index (χ1) is 10.8. The second kappa shape index (κ2) is 5.78. The fraction of sp³-hybridized carbons (Fsp3) is 0.333. The molecule has 0 amide bonds. The van der Waals surface area contributed by atoms with Crippen LogP contribution in [0.3, 0.4) is 0 Å². The van der Waals surface area contributed by atoms with E-state index in [1.54, 1.807) is 0 Å². The van der Waals surface area contributed by atoms with Gasteiger partial charge in [0.05, 0.1) is 22.4 Å². The lowest BCUT2D eigenvalue weighted by molar-refractivity contribution is 0.248. The molecule has 112 valence electrons. The van der Waals surface area contributed by atoms with Crippen LogP contribution in [0.2, 0.25) is 0 Å². The van der Waals surface area contributed by atoms with Crippen LogP contribution in [-0.2, 0) is 6.54 Å². The highest BCUT2D eigenvalue weighted by Gasteiger charge is 2.27. The summed E-state index contributed by atoms with van der Waals surface area (Å²) in [5.41, 5.74) is 4.15. The number of likely N-dealkylation sites (tertiary alicyclic amines) is 1. The van der Waals surface area contributed by atoms with Gasteiger partial charge in [-0.3, -0.25) is 4.90 Å². The fourth-order valence-corrected chi connectivity index (χ4v) is 4.18. The van der Waals surface area contributed by atoms with Crippen molar-refractivity contribution < 1.29 is 0 Å². The topological polar surface area (TPSA) is 29.0 Å². The van der Waals surface area contributed by atoms with Gasteiger partial charge in [0.1, 0.15) is 0 Å². The Morgan fingerprint density at radius 1 is 1.14 bits per heavy atom. The van der Waals surface area contributed by atoms with Crippen LogP contribution in [0.1, 0.15) is 35.1 Å². The molecule has 3 aromatic rings. The number of fused-ring (bicyclic) bond motifs is 1. The van der Waals surface area contributed by atoms with Crippen LogP contribution in [0.15, 0.2) is 41.8 Å². The lowest BCUT2D eigenvalue weighted by Crippen LogP contribution is -2.23. The van der Waals surface area contributed by atoms with Gasteiger partial charge in [-0.25, -0.2) is 9.97 Å². The highest BCUT2D eigenvalue weighted by Crippen LogP contribution is 2.35. The van der Waals surface area contributed by atoms with E-state index in [9.17, 15) is 0 Å². The zero-order valence-electron chi connectivity index (χ0n) is 12.7. The number of benzene rings is 1. The van der Waals surface area contributed by atoms with Gasteiger partial charge in [0.15, 0.2) is 0 Å². The molecule has 1 aliphatic heterocycles. The van der Waals surface area contributed by atoms with E-state index in [1.165, 1.54) is 17.7 Å². The molecule has 1 saturated heterocycles. The minimum atomic E-state index is 0.549. The number of aryl methyl sites for hydroxylation is 1. The molecule has 0 unspecified atom stereocenters. The van der Waals surface area contributed by atoms with Gasteiger partial charge < -0.3 is 0 Å². The maximum Gasteiger partial charge on any atom is 0.0890 e. The molecule has 0 radical (unpaired) electrons. The Bertz CT molecular complexity index is 782. The lowest BCUT2D eigenvalue weighted by atomic mass is 10.1. The maximum atomic E-state index is 4.85. The van der Waals surface area contributed by atoms with E-state index in [-0.39, 0.29) is 0 Å². The van der Waals surface area contributed by atoms with Crippen molar-refractivity contribution in [3.63, 3.8) is 0 Å². The Balaban J connectivity index is 1.64. The molecule has 3 nitrogen and oxygen atoms in total. The van der Waals surface area contributed by atoms with Crippen molar-refractivity contribution in [2.75, 3.05) is 6.54 Å². The molecule has 4 heteroatoms. The molecule has 1 aromatic carbocycles. The fourth-order valence-electron chi connectivity index (χ4n) is 3.29. The third-order valence-corrected chi connectivity index (χ3v) is 5.40. The molecule has 22 heavy (non-hydrogen) atoms.